The van der Waals surface area contributed by atoms with Gasteiger partial charge >= 0.3 is 0 Å². The molecule has 4 heteroatoms. The summed E-state index contributed by atoms with van der Waals surface area (Å²) in [4.78, 5) is 16.8. The van der Waals surface area contributed by atoms with Crippen LogP contribution in [-0.4, -0.2) is 10.8 Å². The summed E-state index contributed by atoms with van der Waals surface area (Å²) in [7, 11) is 0. The molecule has 2 nitrogen and oxygen atoms in total. The molecule has 0 aliphatic carbocycles. The fourth-order valence-corrected chi connectivity index (χ4v) is 2.52. The van der Waals surface area contributed by atoms with Crippen LogP contribution in [0.4, 0.5) is 0 Å². The van der Waals surface area contributed by atoms with Gasteiger partial charge in [0.2, 0.25) is 5.78 Å². The van der Waals surface area contributed by atoms with E-state index in [-0.39, 0.29) is 5.78 Å². The Kier molecular flexibility index (Phi) is 3.08. The number of carbonyl (C=O) groups excluding carboxylic acids is 1. The van der Waals surface area contributed by atoms with Gasteiger partial charge in [0.15, 0.2) is 4.47 Å². The molecule has 0 saturated carbocycles. The summed E-state index contributed by atoms with van der Waals surface area (Å²) in [6.07, 6.45) is 0. The zero-order valence-corrected chi connectivity index (χ0v) is 10.5. The van der Waals surface area contributed by atoms with Gasteiger partial charge in [0.25, 0.3) is 0 Å². The Morgan fingerprint density at radius 3 is 2.38 bits per heavy atom. The van der Waals surface area contributed by atoms with Crippen molar-refractivity contribution in [3.63, 3.8) is 0 Å². The highest BCUT2D eigenvalue weighted by molar-refractivity contribution is 7.17. The Hall–Kier alpha value is -1.19. The molecule has 82 valence electrons. The van der Waals surface area contributed by atoms with Gasteiger partial charge in [-0.3, -0.25) is 4.79 Å². The number of aryl methyl sites for hydroxylation is 2. The van der Waals surface area contributed by atoms with Gasteiger partial charge in [-0.05, 0) is 13.8 Å². The van der Waals surface area contributed by atoms with Crippen molar-refractivity contribution >= 4 is 28.7 Å². The lowest BCUT2D eigenvalue weighted by Crippen LogP contribution is -2.00. The van der Waals surface area contributed by atoms with Crippen LogP contribution in [0.3, 0.4) is 0 Å². The van der Waals surface area contributed by atoms with Gasteiger partial charge in [-0.25, -0.2) is 4.98 Å². The first-order valence-electron chi connectivity index (χ1n) is 4.82. The molecule has 1 aromatic heterocycles. The number of hydrogen-bond acceptors (Lipinski definition) is 3. The Labute approximate surface area is 103 Å². The van der Waals surface area contributed by atoms with Crippen molar-refractivity contribution in [3.05, 3.63) is 50.4 Å². The third-order valence-electron chi connectivity index (χ3n) is 2.29. The van der Waals surface area contributed by atoms with Gasteiger partial charge in [0.05, 0.1) is 10.6 Å². The minimum absolute atomic E-state index is 0.0121. The number of carbonyl (C=O) groups is 1. The van der Waals surface area contributed by atoms with Crippen LogP contribution in [0.1, 0.15) is 26.5 Å². The van der Waals surface area contributed by atoms with Gasteiger partial charge in [-0.1, -0.05) is 52.8 Å². The molecule has 0 unspecified atom stereocenters. The number of aromatic nitrogens is 1. The van der Waals surface area contributed by atoms with Crippen LogP contribution in [0.5, 0.6) is 0 Å². The normalized spacial score (nSPS) is 10.4. The molecule has 0 radical (unpaired) electrons. The minimum Gasteiger partial charge on any atom is -0.288 e. The summed E-state index contributed by atoms with van der Waals surface area (Å²) in [6, 6.07) is 7.49. The Morgan fingerprint density at radius 1 is 1.25 bits per heavy atom. The second kappa shape index (κ2) is 4.36. The second-order valence-electron chi connectivity index (χ2n) is 3.58. The van der Waals surface area contributed by atoms with E-state index in [9.17, 15) is 4.79 Å². The van der Waals surface area contributed by atoms with E-state index >= 15 is 0 Å². The molecule has 0 amide bonds. The fourth-order valence-electron chi connectivity index (χ4n) is 1.41. The lowest BCUT2D eigenvalue weighted by Gasteiger charge is -1.99. The van der Waals surface area contributed by atoms with Crippen LogP contribution in [0.25, 0.3) is 0 Å². The van der Waals surface area contributed by atoms with E-state index in [0.717, 1.165) is 5.56 Å². The molecule has 1 heterocycles. The maximum atomic E-state index is 12.1. The average molecular weight is 252 g/mol. The molecule has 0 saturated heterocycles. The number of nitrogens with zero attached hydrogens (tertiary/aromatic N) is 1. The topological polar surface area (TPSA) is 30.0 Å². The van der Waals surface area contributed by atoms with Crippen molar-refractivity contribution < 1.29 is 4.79 Å². The second-order valence-corrected chi connectivity index (χ2v) is 5.16. The van der Waals surface area contributed by atoms with E-state index in [1.807, 2.05) is 31.2 Å². The Balaban J connectivity index is 2.39. The number of rotatable bonds is 2. The predicted molar refractivity (Wildman–Crippen MR) is 66.5 cm³/mol. The smallest absolute Gasteiger partial charge is 0.204 e. The van der Waals surface area contributed by atoms with Crippen LogP contribution in [0, 0.1) is 13.8 Å². The third-order valence-corrected chi connectivity index (χ3v) is 3.55. The molecule has 16 heavy (non-hydrogen) atoms. The third kappa shape index (κ3) is 2.15. The summed E-state index contributed by atoms with van der Waals surface area (Å²) in [5.41, 5.74) is 2.50. The average Bonchev–Trinajstić information content (AvgIpc) is 2.58. The molecule has 0 fully saturated rings. The first-order valence-corrected chi connectivity index (χ1v) is 6.01. The summed E-state index contributed by atoms with van der Waals surface area (Å²) < 4.78 is 0.410. The van der Waals surface area contributed by atoms with E-state index in [0.29, 0.717) is 20.6 Å². The Bertz CT molecular complexity index is 530. The van der Waals surface area contributed by atoms with Crippen molar-refractivity contribution in [1.82, 2.24) is 4.98 Å². The highest BCUT2D eigenvalue weighted by Crippen LogP contribution is 2.24. The SMILES string of the molecule is Cc1ccc(C(=O)c2sc(Cl)nc2C)cc1. The molecule has 0 atom stereocenters. The van der Waals surface area contributed by atoms with Crippen molar-refractivity contribution in [2.24, 2.45) is 0 Å². The quantitative estimate of drug-likeness (QED) is 0.763. The molecular formula is C12H10ClNOS. The van der Waals surface area contributed by atoms with Gasteiger partial charge in [0, 0.05) is 5.56 Å². The van der Waals surface area contributed by atoms with Crippen LogP contribution < -0.4 is 0 Å². The van der Waals surface area contributed by atoms with E-state index in [4.69, 9.17) is 11.6 Å². The van der Waals surface area contributed by atoms with Gasteiger partial charge < -0.3 is 0 Å². The molecule has 0 aliphatic heterocycles. The van der Waals surface area contributed by atoms with Gasteiger partial charge in [-0.15, -0.1) is 0 Å². The lowest BCUT2D eigenvalue weighted by molar-refractivity contribution is 0.104. The number of thiazole rings is 1. The number of hydrogen-bond donors (Lipinski definition) is 0. The highest BCUT2D eigenvalue weighted by atomic mass is 35.5. The van der Waals surface area contributed by atoms with Crippen molar-refractivity contribution in [2.75, 3.05) is 0 Å². The molecule has 1 aromatic carbocycles. The van der Waals surface area contributed by atoms with E-state index in [2.05, 4.69) is 4.98 Å². The number of benzene rings is 1. The fraction of sp³-hybridized carbons (Fsp3) is 0.167. The van der Waals surface area contributed by atoms with Crippen molar-refractivity contribution in [2.45, 2.75) is 13.8 Å². The van der Waals surface area contributed by atoms with E-state index in [1.54, 1.807) is 6.92 Å². The summed E-state index contributed by atoms with van der Waals surface area (Å²) in [6.45, 7) is 3.78. The summed E-state index contributed by atoms with van der Waals surface area (Å²) in [5.74, 6) is -0.0121. The van der Waals surface area contributed by atoms with Crippen LogP contribution in [0.2, 0.25) is 4.47 Å². The standard InChI is InChI=1S/C12H10ClNOS/c1-7-3-5-9(6-4-7)10(15)11-8(2)14-12(13)16-11/h3-6H,1-2H3. The van der Waals surface area contributed by atoms with Gasteiger partial charge in [0.1, 0.15) is 0 Å². The predicted octanol–water partition coefficient (Wildman–Crippen LogP) is 3.64. The number of ketones is 1. The van der Waals surface area contributed by atoms with Crippen molar-refractivity contribution in [1.29, 1.82) is 0 Å². The first-order chi connectivity index (χ1) is 7.58. The molecule has 2 rings (SSSR count). The molecule has 0 bridgehead atoms. The zero-order chi connectivity index (χ0) is 11.7. The Morgan fingerprint density at radius 2 is 1.88 bits per heavy atom. The van der Waals surface area contributed by atoms with E-state index in [1.165, 1.54) is 11.3 Å². The van der Waals surface area contributed by atoms with Crippen LogP contribution in [0.15, 0.2) is 24.3 Å². The maximum absolute atomic E-state index is 12.1. The molecule has 0 spiro atoms. The molecule has 2 aromatic rings. The lowest BCUT2D eigenvalue weighted by atomic mass is 10.1. The molecule has 0 N–H and O–H groups in total. The molecule has 0 aliphatic rings. The monoisotopic (exact) mass is 251 g/mol. The highest BCUT2D eigenvalue weighted by Gasteiger charge is 2.15. The first kappa shape index (κ1) is 11.3. The van der Waals surface area contributed by atoms with Gasteiger partial charge in [-0.2, -0.15) is 0 Å². The number of halogens is 1. The van der Waals surface area contributed by atoms with E-state index < -0.39 is 0 Å². The maximum Gasteiger partial charge on any atom is 0.204 e. The summed E-state index contributed by atoms with van der Waals surface area (Å²) in [5, 5.41) is 0. The van der Waals surface area contributed by atoms with Crippen LogP contribution >= 0.6 is 22.9 Å². The van der Waals surface area contributed by atoms with Crippen molar-refractivity contribution in [3.8, 4) is 0 Å². The summed E-state index contributed by atoms with van der Waals surface area (Å²) >= 11 is 7.00. The largest absolute Gasteiger partial charge is 0.288 e. The minimum atomic E-state index is -0.0121. The molecular weight excluding hydrogens is 242 g/mol. The van der Waals surface area contributed by atoms with Crippen LogP contribution in [-0.2, 0) is 0 Å². The zero-order valence-electron chi connectivity index (χ0n) is 8.95.